The number of nitrogens with one attached hydrogen (secondary N) is 2. The van der Waals surface area contributed by atoms with Crippen LogP contribution in [-0.4, -0.2) is 47.9 Å². The van der Waals surface area contributed by atoms with Crippen LogP contribution in [0, 0.1) is 6.92 Å². The first-order valence-electron chi connectivity index (χ1n) is 9.82. The second kappa shape index (κ2) is 7.85. The number of ether oxygens (including phenoxy) is 1. The third-order valence-corrected chi connectivity index (χ3v) is 5.87. The van der Waals surface area contributed by atoms with Gasteiger partial charge in [-0.2, -0.15) is 0 Å². The predicted octanol–water partition coefficient (Wildman–Crippen LogP) is 1.75. The Morgan fingerprint density at radius 1 is 1.14 bits per heavy atom. The minimum atomic E-state index is -1.24. The molecule has 8 nitrogen and oxygen atoms in total. The van der Waals surface area contributed by atoms with Crippen molar-refractivity contribution >= 4 is 23.8 Å². The molecule has 0 spiro atoms. The van der Waals surface area contributed by atoms with E-state index in [1.54, 1.807) is 19.1 Å². The molecule has 1 atom stereocenters. The van der Waals surface area contributed by atoms with E-state index in [2.05, 4.69) is 10.6 Å². The van der Waals surface area contributed by atoms with E-state index in [4.69, 9.17) is 4.74 Å². The van der Waals surface area contributed by atoms with E-state index in [9.17, 15) is 19.2 Å². The topological polar surface area (TPSA) is 105 Å². The van der Waals surface area contributed by atoms with Gasteiger partial charge in [0.25, 0.3) is 5.91 Å². The zero-order chi connectivity index (χ0) is 21.2. The van der Waals surface area contributed by atoms with Crippen molar-refractivity contribution in [3.63, 3.8) is 0 Å². The summed E-state index contributed by atoms with van der Waals surface area (Å²) >= 11 is 0. The van der Waals surface area contributed by atoms with Crippen LogP contribution in [0.1, 0.15) is 50.2 Å². The smallest absolute Gasteiger partial charge is 0.331 e. The molecule has 1 aromatic carbocycles. The standard InChI is InChI=1S/C21H27N3O5/c1-14-7-9-15(10-8-14)20(2)17(26)24(19(28)23-20)13-16(25)22-21(18(27)29-3)11-5-4-6-12-21/h7-10H,4-6,11-13H2,1-3H3,(H,22,25)(H,23,28)/t20-/m0/s1. The monoisotopic (exact) mass is 401 g/mol. The number of urea groups is 1. The molecule has 2 aliphatic rings. The summed E-state index contributed by atoms with van der Waals surface area (Å²) in [5.41, 5.74) is -0.659. The van der Waals surface area contributed by atoms with E-state index in [0.29, 0.717) is 18.4 Å². The largest absolute Gasteiger partial charge is 0.467 e. The van der Waals surface area contributed by atoms with E-state index in [0.717, 1.165) is 29.7 Å². The number of hydrogen-bond donors (Lipinski definition) is 2. The van der Waals surface area contributed by atoms with Gasteiger partial charge in [0.15, 0.2) is 0 Å². The van der Waals surface area contributed by atoms with Gasteiger partial charge >= 0.3 is 12.0 Å². The fourth-order valence-corrected chi connectivity index (χ4v) is 4.10. The highest BCUT2D eigenvalue weighted by Gasteiger charge is 2.50. The lowest BCUT2D eigenvalue weighted by molar-refractivity contribution is -0.152. The zero-order valence-electron chi connectivity index (χ0n) is 17.0. The van der Waals surface area contributed by atoms with Crippen LogP contribution in [0.3, 0.4) is 0 Å². The molecular formula is C21H27N3O5. The summed E-state index contributed by atoms with van der Waals surface area (Å²) in [6.45, 7) is 3.10. The van der Waals surface area contributed by atoms with Crippen molar-refractivity contribution in [3.8, 4) is 0 Å². The zero-order valence-corrected chi connectivity index (χ0v) is 17.0. The fraction of sp³-hybridized carbons (Fsp3) is 0.524. The molecule has 0 bridgehead atoms. The number of nitrogens with zero attached hydrogens (tertiary/aromatic N) is 1. The molecule has 2 N–H and O–H groups in total. The van der Waals surface area contributed by atoms with Crippen LogP contribution in [0.5, 0.6) is 0 Å². The minimum Gasteiger partial charge on any atom is -0.467 e. The van der Waals surface area contributed by atoms with Crippen LogP contribution in [0.4, 0.5) is 4.79 Å². The van der Waals surface area contributed by atoms with Crippen molar-refractivity contribution in [2.24, 2.45) is 0 Å². The number of imide groups is 1. The van der Waals surface area contributed by atoms with Crippen molar-refractivity contribution in [2.45, 2.75) is 57.0 Å². The van der Waals surface area contributed by atoms with Crippen molar-refractivity contribution in [2.75, 3.05) is 13.7 Å². The number of hydrogen-bond acceptors (Lipinski definition) is 5. The summed E-state index contributed by atoms with van der Waals surface area (Å²) in [6, 6.07) is 6.65. The third-order valence-electron chi connectivity index (χ3n) is 5.87. The van der Waals surface area contributed by atoms with Gasteiger partial charge in [-0.25, -0.2) is 9.59 Å². The SMILES string of the molecule is COC(=O)C1(NC(=O)CN2C(=O)N[C@@](C)(c3ccc(C)cc3)C2=O)CCCCC1. The molecule has 0 radical (unpaired) electrons. The van der Waals surface area contributed by atoms with Crippen LogP contribution in [0.15, 0.2) is 24.3 Å². The summed E-state index contributed by atoms with van der Waals surface area (Å²) in [5.74, 6) is -1.56. The summed E-state index contributed by atoms with van der Waals surface area (Å²) in [5, 5.41) is 5.42. The van der Waals surface area contributed by atoms with E-state index in [1.807, 2.05) is 19.1 Å². The molecule has 1 aliphatic heterocycles. The number of methoxy groups -OCH3 is 1. The molecule has 8 heteroatoms. The highest BCUT2D eigenvalue weighted by atomic mass is 16.5. The Morgan fingerprint density at radius 3 is 2.34 bits per heavy atom. The normalized spacial score (nSPS) is 23.5. The molecule has 29 heavy (non-hydrogen) atoms. The average molecular weight is 401 g/mol. The van der Waals surface area contributed by atoms with Gasteiger partial charge in [-0.05, 0) is 32.3 Å². The lowest BCUT2D eigenvalue weighted by Gasteiger charge is -2.35. The average Bonchev–Trinajstić information content (AvgIpc) is 2.92. The Morgan fingerprint density at radius 2 is 1.76 bits per heavy atom. The van der Waals surface area contributed by atoms with Crippen LogP contribution in [0.2, 0.25) is 0 Å². The van der Waals surface area contributed by atoms with Crippen molar-refractivity contribution < 1.29 is 23.9 Å². The molecule has 0 aromatic heterocycles. The van der Waals surface area contributed by atoms with Crippen LogP contribution in [-0.2, 0) is 24.7 Å². The van der Waals surface area contributed by atoms with Gasteiger partial charge in [-0.1, -0.05) is 49.1 Å². The third kappa shape index (κ3) is 3.83. The van der Waals surface area contributed by atoms with E-state index >= 15 is 0 Å². The van der Waals surface area contributed by atoms with Crippen molar-refractivity contribution in [3.05, 3.63) is 35.4 Å². The molecule has 1 saturated carbocycles. The van der Waals surface area contributed by atoms with Crippen molar-refractivity contribution in [1.29, 1.82) is 0 Å². The number of carbonyl (C=O) groups excluding carboxylic acids is 4. The highest BCUT2D eigenvalue weighted by molar-refractivity contribution is 6.09. The molecular weight excluding hydrogens is 374 g/mol. The second-order valence-electron chi connectivity index (χ2n) is 8.00. The Labute approximate surface area is 170 Å². The Hall–Kier alpha value is -2.90. The summed E-state index contributed by atoms with van der Waals surface area (Å²) in [7, 11) is 1.29. The molecule has 2 fully saturated rings. The first kappa shape index (κ1) is 20.8. The quantitative estimate of drug-likeness (QED) is 0.578. The van der Waals surface area contributed by atoms with Gasteiger partial charge < -0.3 is 15.4 Å². The fourth-order valence-electron chi connectivity index (χ4n) is 4.10. The molecule has 3 rings (SSSR count). The van der Waals surface area contributed by atoms with E-state index in [1.165, 1.54) is 7.11 Å². The van der Waals surface area contributed by atoms with Crippen LogP contribution in [0.25, 0.3) is 0 Å². The molecule has 156 valence electrons. The van der Waals surface area contributed by atoms with Crippen LogP contribution < -0.4 is 10.6 Å². The summed E-state index contributed by atoms with van der Waals surface area (Å²) in [6.07, 6.45) is 3.53. The van der Waals surface area contributed by atoms with Gasteiger partial charge in [-0.3, -0.25) is 14.5 Å². The molecule has 1 aliphatic carbocycles. The maximum absolute atomic E-state index is 13.0. The highest BCUT2D eigenvalue weighted by Crippen LogP contribution is 2.31. The summed E-state index contributed by atoms with van der Waals surface area (Å²) in [4.78, 5) is 51.3. The van der Waals surface area contributed by atoms with Gasteiger partial charge in [0.2, 0.25) is 5.91 Å². The first-order valence-corrected chi connectivity index (χ1v) is 9.82. The first-order chi connectivity index (χ1) is 13.7. The molecule has 0 unspecified atom stereocenters. The van der Waals surface area contributed by atoms with Gasteiger partial charge in [0.05, 0.1) is 7.11 Å². The Balaban J connectivity index is 1.74. The number of aryl methyl sites for hydroxylation is 1. The number of carbonyl (C=O) groups is 4. The van der Waals surface area contributed by atoms with Gasteiger partial charge in [0, 0.05) is 0 Å². The summed E-state index contributed by atoms with van der Waals surface area (Å²) < 4.78 is 4.89. The number of benzene rings is 1. The lowest BCUT2D eigenvalue weighted by Crippen LogP contribution is -2.58. The number of rotatable bonds is 5. The molecule has 1 saturated heterocycles. The maximum atomic E-state index is 13.0. The maximum Gasteiger partial charge on any atom is 0.331 e. The lowest BCUT2D eigenvalue weighted by atomic mass is 9.81. The van der Waals surface area contributed by atoms with Crippen molar-refractivity contribution in [1.82, 2.24) is 15.5 Å². The van der Waals surface area contributed by atoms with Gasteiger partial charge in [0.1, 0.15) is 17.6 Å². The van der Waals surface area contributed by atoms with E-state index < -0.39 is 41.4 Å². The molecule has 4 amide bonds. The van der Waals surface area contributed by atoms with E-state index in [-0.39, 0.29) is 0 Å². The Kier molecular flexibility index (Phi) is 5.64. The minimum absolute atomic E-state index is 0.454. The van der Waals surface area contributed by atoms with Gasteiger partial charge in [-0.15, -0.1) is 0 Å². The van der Waals surface area contributed by atoms with Crippen LogP contribution >= 0.6 is 0 Å². The predicted molar refractivity (Wildman–Crippen MR) is 105 cm³/mol. The Bertz CT molecular complexity index is 829. The number of amides is 4. The molecule has 1 heterocycles. The number of esters is 1. The second-order valence-corrected chi connectivity index (χ2v) is 8.00. The molecule has 1 aromatic rings.